The molecule has 0 aliphatic carbocycles. The summed E-state index contributed by atoms with van der Waals surface area (Å²) < 4.78 is 2.98. The van der Waals surface area contributed by atoms with Gasteiger partial charge in [-0.05, 0) is 47.1 Å². The van der Waals surface area contributed by atoms with Crippen molar-refractivity contribution in [2.75, 3.05) is 5.32 Å². The molecule has 1 aromatic carbocycles. The van der Waals surface area contributed by atoms with E-state index in [-0.39, 0.29) is 6.04 Å². The summed E-state index contributed by atoms with van der Waals surface area (Å²) >= 11 is 3.55. The van der Waals surface area contributed by atoms with E-state index in [9.17, 15) is 0 Å². The zero-order valence-corrected chi connectivity index (χ0v) is 14.0. The van der Waals surface area contributed by atoms with E-state index in [1.165, 1.54) is 0 Å². The maximum absolute atomic E-state index is 4.44. The van der Waals surface area contributed by atoms with Crippen molar-refractivity contribution >= 4 is 38.2 Å². The Morgan fingerprint density at radius 3 is 2.91 bits per heavy atom. The highest BCUT2D eigenvalue weighted by Crippen LogP contribution is 2.29. The van der Waals surface area contributed by atoms with Crippen LogP contribution in [-0.4, -0.2) is 19.6 Å². The molecule has 1 N–H and O–H groups in total. The van der Waals surface area contributed by atoms with Crippen LogP contribution in [0.25, 0.3) is 16.6 Å². The lowest BCUT2D eigenvalue weighted by Gasteiger charge is -2.15. The Balaban J connectivity index is 1.74. The van der Waals surface area contributed by atoms with Crippen LogP contribution in [0.15, 0.2) is 59.3 Å². The van der Waals surface area contributed by atoms with Gasteiger partial charge in [0.15, 0.2) is 11.5 Å². The minimum Gasteiger partial charge on any atom is -0.375 e. The summed E-state index contributed by atoms with van der Waals surface area (Å²) in [5.74, 6) is 0.876. The van der Waals surface area contributed by atoms with Crippen LogP contribution in [0.5, 0.6) is 0 Å². The third-order valence-electron chi connectivity index (χ3n) is 3.82. The first kappa shape index (κ1) is 14.1. The predicted octanol–water partition coefficient (Wildman–Crippen LogP) is 4.21. The Hall–Kier alpha value is -2.47. The van der Waals surface area contributed by atoms with Crippen molar-refractivity contribution < 1.29 is 0 Å². The molecule has 1 unspecified atom stereocenters. The lowest BCUT2D eigenvalue weighted by Crippen LogP contribution is -2.11. The van der Waals surface area contributed by atoms with E-state index < -0.39 is 0 Å². The molecule has 0 amide bonds. The number of halogens is 1. The van der Waals surface area contributed by atoms with E-state index in [0.29, 0.717) is 0 Å². The third kappa shape index (κ3) is 2.45. The molecule has 23 heavy (non-hydrogen) atoms. The first-order valence-electron chi connectivity index (χ1n) is 7.33. The van der Waals surface area contributed by atoms with Gasteiger partial charge in [0, 0.05) is 27.9 Å². The summed E-state index contributed by atoms with van der Waals surface area (Å²) in [6, 6.07) is 13.9. The summed E-state index contributed by atoms with van der Waals surface area (Å²) in [7, 11) is 0. The summed E-state index contributed by atoms with van der Waals surface area (Å²) in [6.07, 6.45) is 3.79. The topological polar surface area (TPSA) is 55.1 Å². The molecule has 0 spiro atoms. The monoisotopic (exact) mass is 367 g/mol. The summed E-state index contributed by atoms with van der Waals surface area (Å²) in [4.78, 5) is 4.44. The van der Waals surface area contributed by atoms with Gasteiger partial charge in [0.1, 0.15) is 0 Å². The van der Waals surface area contributed by atoms with Crippen molar-refractivity contribution in [1.29, 1.82) is 0 Å². The number of hydrogen-bond donors (Lipinski definition) is 1. The normalized spacial score (nSPS) is 12.6. The van der Waals surface area contributed by atoms with Gasteiger partial charge in [0.05, 0.1) is 11.6 Å². The molecule has 0 bridgehead atoms. The van der Waals surface area contributed by atoms with Gasteiger partial charge >= 0.3 is 0 Å². The molecule has 0 aliphatic heterocycles. The Kier molecular flexibility index (Phi) is 3.46. The van der Waals surface area contributed by atoms with Crippen molar-refractivity contribution in [2.24, 2.45) is 0 Å². The second kappa shape index (κ2) is 5.62. The van der Waals surface area contributed by atoms with Gasteiger partial charge in [-0.3, -0.25) is 9.38 Å². The third-order valence-corrected chi connectivity index (χ3v) is 4.46. The van der Waals surface area contributed by atoms with Crippen LogP contribution in [0.1, 0.15) is 18.8 Å². The molecule has 1 atom stereocenters. The first-order chi connectivity index (χ1) is 11.2. The number of hydrogen-bond acceptors (Lipinski definition) is 4. The largest absolute Gasteiger partial charge is 0.375 e. The van der Waals surface area contributed by atoms with E-state index >= 15 is 0 Å². The molecule has 4 aromatic rings. The van der Waals surface area contributed by atoms with Crippen LogP contribution in [-0.2, 0) is 0 Å². The van der Waals surface area contributed by atoms with Crippen LogP contribution in [0.3, 0.4) is 0 Å². The maximum Gasteiger partial charge on any atom is 0.160 e. The number of nitrogens with zero attached hydrogens (tertiary/aromatic N) is 4. The minimum absolute atomic E-state index is 0.0111. The quantitative estimate of drug-likeness (QED) is 0.589. The van der Waals surface area contributed by atoms with E-state index in [0.717, 1.165) is 32.5 Å². The first-order valence-corrected chi connectivity index (χ1v) is 8.13. The molecule has 0 fully saturated rings. The van der Waals surface area contributed by atoms with Gasteiger partial charge in [0.25, 0.3) is 0 Å². The molecular formula is C17H14BrN5. The van der Waals surface area contributed by atoms with Crippen molar-refractivity contribution in [3.05, 3.63) is 65.2 Å². The highest BCUT2D eigenvalue weighted by atomic mass is 79.9. The van der Waals surface area contributed by atoms with Crippen LogP contribution in [0.4, 0.5) is 5.69 Å². The van der Waals surface area contributed by atoms with Gasteiger partial charge in [-0.1, -0.05) is 18.2 Å². The summed E-state index contributed by atoms with van der Waals surface area (Å²) in [5, 5.41) is 13.1. The Bertz CT molecular complexity index is 995. The summed E-state index contributed by atoms with van der Waals surface area (Å²) in [5.41, 5.74) is 2.81. The fourth-order valence-electron chi connectivity index (χ4n) is 2.72. The van der Waals surface area contributed by atoms with E-state index in [2.05, 4.69) is 49.4 Å². The number of nitrogens with one attached hydrogen (secondary N) is 1. The Labute approximate surface area is 141 Å². The van der Waals surface area contributed by atoms with Gasteiger partial charge < -0.3 is 5.32 Å². The number of benzene rings is 1. The fourth-order valence-corrected chi connectivity index (χ4v) is 3.19. The molecular weight excluding hydrogens is 354 g/mol. The van der Waals surface area contributed by atoms with Crippen molar-refractivity contribution in [1.82, 2.24) is 19.6 Å². The number of pyridine rings is 2. The van der Waals surface area contributed by atoms with Crippen molar-refractivity contribution in [3.8, 4) is 0 Å². The molecule has 0 saturated heterocycles. The van der Waals surface area contributed by atoms with Crippen LogP contribution < -0.4 is 5.32 Å². The molecule has 5 nitrogen and oxygen atoms in total. The van der Waals surface area contributed by atoms with Gasteiger partial charge in [-0.25, -0.2) is 0 Å². The molecule has 4 rings (SSSR count). The average Bonchev–Trinajstić information content (AvgIpc) is 3.00. The number of rotatable bonds is 3. The van der Waals surface area contributed by atoms with Gasteiger partial charge in [-0.2, -0.15) is 0 Å². The van der Waals surface area contributed by atoms with Gasteiger partial charge in [-0.15, -0.1) is 10.2 Å². The zero-order chi connectivity index (χ0) is 15.8. The van der Waals surface area contributed by atoms with Crippen LogP contribution in [0.2, 0.25) is 0 Å². The zero-order valence-electron chi connectivity index (χ0n) is 12.4. The molecule has 3 heterocycles. The fraction of sp³-hybridized carbons (Fsp3) is 0.118. The second-order valence-corrected chi connectivity index (χ2v) is 6.20. The highest BCUT2D eigenvalue weighted by molar-refractivity contribution is 9.10. The SMILES string of the molecule is CC(Nc1ccnc2c(Br)cccc12)c1nnc2ccccn12. The Morgan fingerprint density at radius 1 is 1.09 bits per heavy atom. The van der Waals surface area contributed by atoms with Gasteiger partial charge in [0.2, 0.25) is 0 Å². The van der Waals surface area contributed by atoms with Crippen LogP contribution >= 0.6 is 15.9 Å². The number of aromatic nitrogens is 4. The van der Waals surface area contributed by atoms with E-state index in [4.69, 9.17) is 0 Å². The summed E-state index contributed by atoms with van der Waals surface area (Å²) in [6.45, 7) is 2.08. The standard InChI is InChI=1S/C17H14BrN5/c1-11(17-22-21-15-7-2-3-10-23(15)17)20-14-8-9-19-16-12(14)5-4-6-13(16)18/h2-11H,1H3,(H,19,20). The highest BCUT2D eigenvalue weighted by Gasteiger charge is 2.14. The van der Waals surface area contributed by atoms with Crippen molar-refractivity contribution in [3.63, 3.8) is 0 Å². The van der Waals surface area contributed by atoms with E-state index in [1.807, 2.05) is 53.2 Å². The number of fused-ring (bicyclic) bond motifs is 2. The minimum atomic E-state index is 0.0111. The average molecular weight is 368 g/mol. The maximum atomic E-state index is 4.44. The molecule has 0 radical (unpaired) electrons. The molecule has 0 aliphatic rings. The number of para-hydroxylation sites is 1. The molecule has 0 saturated carbocycles. The van der Waals surface area contributed by atoms with E-state index in [1.54, 1.807) is 0 Å². The smallest absolute Gasteiger partial charge is 0.160 e. The molecule has 6 heteroatoms. The second-order valence-electron chi connectivity index (χ2n) is 5.35. The number of anilines is 1. The van der Waals surface area contributed by atoms with Crippen molar-refractivity contribution in [2.45, 2.75) is 13.0 Å². The molecule has 3 aromatic heterocycles. The lowest BCUT2D eigenvalue weighted by atomic mass is 10.1. The predicted molar refractivity (Wildman–Crippen MR) is 94.5 cm³/mol. The lowest BCUT2D eigenvalue weighted by molar-refractivity contribution is 0.774. The molecule has 114 valence electrons. The van der Waals surface area contributed by atoms with Crippen LogP contribution in [0, 0.1) is 0 Å². The Morgan fingerprint density at radius 2 is 2.00 bits per heavy atom.